The van der Waals surface area contributed by atoms with E-state index in [9.17, 15) is 4.39 Å². The number of thiophene rings is 1. The highest BCUT2D eigenvalue weighted by Gasteiger charge is 2.20. The van der Waals surface area contributed by atoms with Gasteiger partial charge in [0.2, 0.25) is 0 Å². The van der Waals surface area contributed by atoms with Crippen molar-refractivity contribution in [3.05, 3.63) is 57.0 Å². The minimum atomic E-state index is -0.290. The third kappa shape index (κ3) is 4.03. The Morgan fingerprint density at radius 2 is 2.11 bits per heavy atom. The maximum absolute atomic E-state index is 13.2. The zero-order chi connectivity index (χ0) is 13.9. The molecule has 1 aromatic carbocycles. The predicted molar refractivity (Wildman–Crippen MR) is 80.5 cm³/mol. The minimum absolute atomic E-state index is 0.0747. The molecule has 0 radical (unpaired) electrons. The third-order valence-corrected chi connectivity index (χ3v) is 4.46. The summed E-state index contributed by atoms with van der Waals surface area (Å²) in [6, 6.07) is 8.83. The fraction of sp³-hybridized carbons (Fsp3) is 0.333. The molecule has 0 unspecified atom stereocenters. The van der Waals surface area contributed by atoms with Crippen LogP contribution in [0.25, 0.3) is 0 Å². The Morgan fingerprint density at radius 3 is 2.74 bits per heavy atom. The highest BCUT2D eigenvalue weighted by atomic mass is 35.5. The number of rotatable bonds is 5. The van der Waals surface area contributed by atoms with Gasteiger partial charge in [0.15, 0.2) is 0 Å². The van der Waals surface area contributed by atoms with E-state index in [-0.39, 0.29) is 11.2 Å². The van der Waals surface area contributed by atoms with Crippen LogP contribution in [0.2, 0.25) is 5.02 Å². The lowest BCUT2D eigenvalue weighted by Gasteiger charge is -2.23. The smallest absolute Gasteiger partial charge is 0.125 e. The molecule has 0 saturated carbocycles. The van der Waals surface area contributed by atoms with E-state index in [2.05, 4.69) is 36.7 Å². The van der Waals surface area contributed by atoms with Crippen molar-refractivity contribution in [2.75, 3.05) is 6.54 Å². The summed E-state index contributed by atoms with van der Waals surface area (Å²) in [6.07, 6.45) is 0. The molecule has 102 valence electrons. The summed E-state index contributed by atoms with van der Waals surface area (Å²) >= 11 is 7.59. The van der Waals surface area contributed by atoms with Gasteiger partial charge in [-0.1, -0.05) is 31.5 Å². The molecular weight excluding hydrogens is 281 g/mol. The SMILES string of the molecule is CC(C)(CNCc1cc(F)cc(Cl)c1)c1cccs1. The van der Waals surface area contributed by atoms with Crippen molar-refractivity contribution in [2.45, 2.75) is 25.8 Å². The van der Waals surface area contributed by atoms with E-state index in [1.807, 2.05) is 0 Å². The van der Waals surface area contributed by atoms with Crippen molar-refractivity contribution in [1.29, 1.82) is 0 Å². The molecule has 1 heterocycles. The second-order valence-electron chi connectivity index (χ2n) is 5.24. The van der Waals surface area contributed by atoms with Crippen LogP contribution in [0.15, 0.2) is 35.7 Å². The lowest BCUT2D eigenvalue weighted by Crippen LogP contribution is -2.31. The molecule has 2 aromatic rings. The second-order valence-corrected chi connectivity index (χ2v) is 6.63. The van der Waals surface area contributed by atoms with Crippen molar-refractivity contribution in [3.8, 4) is 0 Å². The predicted octanol–water partition coefficient (Wildman–Crippen LogP) is 4.61. The Labute approximate surface area is 122 Å². The average Bonchev–Trinajstić information content (AvgIpc) is 2.81. The van der Waals surface area contributed by atoms with Gasteiger partial charge >= 0.3 is 0 Å². The summed E-state index contributed by atoms with van der Waals surface area (Å²) in [4.78, 5) is 1.34. The molecule has 4 heteroatoms. The molecule has 1 N–H and O–H groups in total. The van der Waals surface area contributed by atoms with E-state index >= 15 is 0 Å². The number of hydrogen-bond acceptors (Lipinski definition) is 2. The molecule has 0 atom stereocenters. The van der Waals surface area contributed by atoms with Crippen LogP contribution < -0.4 is 5.32 Å². The van der Waals surface area contributed by atoms with Crippen LogP contribution in [0.4, 0.5) is 4.39 Å². The van der Waals surface area contributed by atoms with Crippen molar-refractivity contribution >= 4 is 22.9 Å². The lowest BCUT2D eigenvalue weighted by atomic mass is 9.91. The lowest BCUT2D eigenvalue weighted by molar-refractivity contribution is 0.476. The van der Waals surface area contributed by atoms with E-state index in [1.165, 1.54) is 17.0 Å². The molecule has 0 amide bonds. The molecule has 0 aliphatic rings. The minimum Gasteiger partial charge on any atom is -0.312 e. The van der Waals surface area contributed by atoms with Crippen molar-refractivity contribution in [3.63, 3.8) is 0 Å². The Kier molecular flexibility index (Phi) is 4.61. The first-order valence-electron chi connectivity index (χ1n) is 6.17. The van der Waals surface area contributed by atoms with Crippen molar-refractivity contribution < 1.29 is 4.39 Å². The topological polar surface area (TPSA) is 12.0 Å². The Balaban J connectivity index is 1.93. The number of nitrogens with one attached hydrogen (secondary N) is 1. The average molecular weight is 298 g/mol. The van der Waals surface area contributed by atoms with Gasteiger partial charge in [-0.3, -0.25) is 0 Å². The van der Waals surface area contributed by atoms with Gasteiger partial charge in [0.05, 0.1) is 0 Å². The summed E-state index contributed by atoms with van der Waals surface area (Å²) < 4.78 is 13.2. The molecule has 19 heavy (non-hydrogen) atoms. The van der Waals surface area contributed by atoms with Gasteiger partial charge in [0.1, 0.15) is 5.82 Å². The van der Waals surface area contributed by atoms with Crippen LogP contribution in [0.3, 0.4) is 0 Å². The zero-order valence-corrected chi connectivity index (χ0v) is 12.6. The largest absolute Gasteiger partial charge is 0.312 e. The molecule has 0 aliphatic heterocycles. The quantitative estimate of drug-likeness (QED) is 0.850. The van der Waals surface area contributed by atoms with Gasteiger partial charge in [-0.2, -0.15) is 0 Å². The van der Waals surface area contributed by atoms with Gasteiger partial charge in [0.25, 0.3) is 0 Å². The van der Waals surface area contributed by atoms with Gasteiger partial charge in [0, 0.05) is 28.4 Å². The highest BCUT2D eigenvalue weighted by molar-refractivity contribution is 7.10. The fourth-order valence-corrected chi connectivity index (χ4v) is 3.08. The Bertz CT molecular complexity index is 517. The first-order chi connectivity index (χ1) is 8.97. The maximum Gasteiger partial charge on any atom is 0.125 e. The Morgan fingerprint density at radius 1 is 1.32 bits per heavy atom. The van der Waals surface area contributed by atoms with E-state index in [4.69, 9.17) is 11.6 Å². The first kappa shape index (κ1) is 14.5. The molecule has 0 bridgehead atoms. The highest BCUT2D eigenvalue weighted by Crippen LogP contribution is 2.26. The molecule has 2 rings (SSSR count). The number of halogens is 2. The molecule has 0 aliphatic carbocycles. The normalized spacial score (nSPS) is 11.8. The van der Waals surface area contributed by atoms with Crippen LogP contribution in [-0.2, 0) is 12.0 Å². The summed E-state index contributed by atoms with van der Waals surface area (Å²) in [6.45, 7) is 5.85. The van der Waals surface area contributed by atoms with Crippen LogP contribution in [0.5, 0.6) is 0 Å². The monoisotopic (exact) mass is 297 g/mol. The van der Waals surface area contributed by atoms with E-state index in [0.29, 0.717) is 11.6 Å². The molecule has 0 saturated heterocycles. The van der Waals surface area contributed by atoms with Gasteiger partial charge < -0.3 is 5.32 Å². The van der Waals surface area contributed by atoms with Crippen LogP contribution >= 0.6 is 22.9 Å². The molecule has 0 fully saturated rings. The van der Waals surface area contributed by atoms with Gasteiger partial charge in [-0.15, -0.1) is 11.3 Å². The maximum atomic E-state index is 13.2. The van der Waals surface area contributed by atoms with E-state index < -0.39 is 0 Å². The zero-order valence-electron chi connectivity index (χ0n) is 11.0. The Hall–Kier alpha value is -0.900. The van der Waals surface area contributed by atoms with Gasteiger partial charge in [-0.25, -0.2) is 4.39 Å². The summed E-state index contributed by atoms with van der Waals surface area (Å²) in [5.74, 6) is -0.290. The van der Waals surface area contributed by atoms with Crippen LogP contribution in [0, 0.1) is 5.82 Å². The number of benzene rings is 1. The molecule has 1 nitrogen and oxygen atoms in total. The molecular formula is C15H17ClFNS. The van der Waals surface area contributed by atoms with Gasteiger partial charge in [-0.05, 0) is 35.2 Å². The fourth-order valence-electron chi connectivity index (χ4n) is 1.98. The molecule has 0 spiro atoms. The third-order valence-electron chi connectivity index (χ3n) is 3.01. The standard InChI is InChI=1S/C15H17ClFNS/c1-15(2,14-4-3-5-19-14)10-18-9-11-6-12(16)8-13(17)7-11/h3-8,18H,9-10H2,1-2H3. The van der Waals surface area contributed by atoms with Crippen molar-refractivity contribution in [2.24, 2.45) is 0 Å². The molecule has 1 aromatic heterocycles. The first-order valence-corrected chi connectivity index (χ1v) is 7.43. The van der Waals surface area contributed by atoms with Crippen molar-refractivity contribution in [1.82, 2.24) is 5.32 Å². The second kappa shape index (κ2) is 6.04. The van der Waals surface area contributed by atoms with Crippen LogP contribution in [0.1, 0.15) is 24.3 Å². The van der Waals surface area contributed by atoms with E-state index in [1.54, 1.807) is 17.4 Å². The summed E-state index contributed by atoms with van der Waals surface area (Å²) in [7, 11) is 0. The van der Waals surface area contributed by atoms with Crippen LogP contribution in [-0.4, -0.2) is 6.54 Å². The summed E-state index contributed by atoms with van der Waals surface area (Å²) in [5, 5.41) is 5.89. The number of hydrogen-bond donors (Lipinski definition) is 1. The van der Waals surface area contributed by atoms with E-state index in [0.717, 1.165) is 12.1 Å². The summed E-state index contributed by atoms with van der Waals surface area (Å²) in [5.41, 5.74) is 0.942.